The maximum atomic E-state index is 7.00. The summed E-state index contributed by atoms with van der Waals surface area (Å²) >= 11 is 1.64. The van der Waals surface area contributed by atoms with Gasteiger partial charge in [-0.3, -0.25) is 4.72 Å². The lowest BCUT2D eigenvalue weighted by Gasteiger charge is -2.33. The quantitative estimate of drug-likeness (QED) is 0.402. The number of H-pyrrole nitrogens is 1. The molecule has 1 aliphatic rings. The van der Waals surface area contributed by atoms with E-state index in [2.05, 4.69) is 64.4 Å². The first-order chi connectivity index (χ1) is 15.1. The molecular formula is C24H34N4O2S. The van der Waals surface area contributed by atoms with Gasteiger partial charge >= 0.3 is 0 Å². The van der Waals surface area contributed by atoms with E-state index < -0.39 is 0 Å². The van der Waals surface area contributed by atoms with Crippen LogP contribution < -0.4 is 14.8 Å². The van der Waals surface area contributed by atoms with Crippen LogP contribution in [0.1, 0.15) is 38.3 Å². The van der Waals surface area contributed by atoms with E-state index in [0.29, 0.717) is 6.04 Å². The topological polar surface area (TPSA) is 82.2 Å². The molecule has 0 spiro atoms. The Labute approximate surface area is 189 Å². The summed E-state index contributed by atoms with van der Waals surface area (Å²) in [5.74, 6) is 0.910. The first kappa shape index (κ1) is 23.6. The third-order valence-electron chi connectivity index (χ3n) is 5.94. The van der Waals surface area contributed by atoms with Crippen molar-refractivity contribution in [1.29, 1.82) is 0 Å². The Morgan fingerprint density at radius 1 is 1.19 bits per heavy atom. The highest BCUT2D eigenvalue weighted by molar-refractivity contribution is 7.96. The Morgan fingerprint density at radius 2 is 1.90 bits per heavy atom. The van der Waals surface area contributed by atoms with Crippen LogP contribution in [0.2, 0.25) is 0 Å². The predicted octanol–water partition coefficient (Wildman–Crippen LogP) is 4.54. The highest BCUT2D eigenvalue weighted by Crippen LogP contribution is 2.36. The van der Waals surface area contributed by atoms with Crippen LogP contribution in [0.15, 0.2) is 42.7 Å². The van der Waals surface area contributed by atoms with E-state index in [4.69, 9.17) is 9.84 Å². The van der Waals surface area contributed by atoms with Crippen molar-refractivity contribution in [3.8, 4) is 16.9 Å². The molecule has 31 heavy (non-hydrogen) atoms. The average molecular weight is 443 g/mol. The maximum absolute atomic E-state index is 7.00. The molecule has 0 radical (unpaired) electrons. The number of rotatable bonds is 7. The molecule has 1 unspecified atom stereocenters. The number of nitrogens with one attached hydrogen (secondary N) is 3. The molecule has 2 aromatic heterocycles. The van der Waals surface area contributed by atoms with E-state index in [9.17, 15) is 0 Å². The fourth-order valence-electron chi connectivity index (χ4n) is 4.00. The van der Waals surface area contributed by atoms with Gasteiger partial charge in [-0.05, 0) is 56.3 Å². The van der Waals surface area contributed by atoms with Gasteiger partial charge in [-0.1, -0.05) is 43.1 Å². The van der Waals surface area contributed by atoms with Crippen molar-refractivity contribution in [3.05, 3.63) is 48.3 Å². The van der Waals surface area contributed by atoms with E-state index in [1.54, 1.807) is 11.9 Å². The molecular weight excluding hydrogens is 408 g/mol. The number of hydrogen-bond acceptors (Lipinski definition) is 6. The number of aliphatic hydroxyl groups is 1. The number of piperidine rings is 1. The normalized spacial score (nSPS) is 16.4. The molecule has 1 atom stereocenters. The third kappa shape index (κ3) is 5.60. The molecule has 1 aromatic carbocycles. The third-order valence-corrected chi connectivity index (χ3v) is 6.53. The van der Waals surface area contributed by atoms with Crippen LogP contribution in [0.5, 0.6) is 5.75 Å². The number of hydrogen-bond donors (Lipinski definition) is 4. The Bertz CT molecular complexity index is 952. The minimum absolute atomic E-state index is 0.222. The Balaban J connectivity index is 0.00000132. The zero-order chi connectivity index (χ0) is 22.3. The molecule has 7 heteroatoms. The number of nitrogens with zero attached hydrogens (tertiary/aromatic N) is 1. The van der Waals surface area contributed by atoms with E-state index in [1.165, 1.54) is 11.1 Å². The first-order valence-corrected chi connectivity index (χ1v) is 12.0. The van der Waals surface area contributed by atoms with Crippen LogP contribution in [-0.2, 0) is 0 Å². The number of fused-ring (bicyclic) bond motifs is 1. The van der Waals surface area contributed by atoms with Gasteiger partial charge in [0.05, 0.1) is 12.0 Å². The highest BCUT2D eigenvalue weighted by Gasteiger charge is 2.28. The summed E-state index contributed by atoms with van der Waals surface area (Å²) in [5, 5.41) is 11.5. The highest BCUT2D eigenvalue weighted by atomic mass is 32.2. The number of aromatic nitrogens is 2. The minimum Gasteiger partial charge on any atom is -0.492 e. The fourth-order valence-corrected chi connectivity index (χ4v) is 4.49. The lowest BCUT2D eigenvalue weighted by Crippen LogP contribution is -2.38. The van der Waals surface area contributed by atoms with E-state index in [0.717, 1.165) is 62.0 Å². The number of ether oxygens (including phenoxy) is 1. The molecule has 1 fully saturated rings. The Morgan fingerprint density at radius 3 is 2.58 bits per heavy atom. The molecule has 4 rings (SSSR count). The second kappa shape index (κ2) is 11.0. The van der Waals surface area contributed by atoms with E-state index in [1.807, 2.05) is 18.5 Å². The van der Waals surface area contributed by atoms with Crippen LogP contribution in [0, 0.1) is 5.41 Å². The van der Waals surface area contributed by atoms with Crippen LogP contribution >= 0.6 is 11.9 Å². The standard InChI is InChI=1S/C23H30N4OS.CH4O/c1-16(27-29-3)17-4-6-18(7-5-17)19-14-26-22-21(19)20(8-11-25-22)28-15-23(2)9-12-24-13-10-23;1-2/h4-8,11,14,16,24,27H,9-10,12-13,15H2,1-3H3,(H,25,26);2H,1H3. The summed E-state index contributed by atoms with van der Waals surface area (Å²) in [6.07, 6.45) is 8.20. The Kier molecular flexibility index (Phi) is 8.37. The van der Waals surface area contributed by atoms with Crippen molar-refractivity contribution in [2.24, 2.45) is 5.41 Å². The van der Waals surface area contributed by atoms with Gasteiger partial charge < -0.3 is 20.1 Å². The number of pyridine rings is 1. The van der Waals surface area contributed by atoms with Gasteiger partial charge in [0, 0.05) is 36.5 Å². The molecule has 0 aliphatic carbocycles. The molecule has 4 N–H and O–H groups in total. The molecule has 3 aromatic rings. The van der Waals surface area contributed by atoms with Gasteiger partial charge in [-0.25, -0.2) is 4.98 Å². The smallest absolute Gasteiger partial charge is 0.141 e. The summed E-state index contributed by atoms with van der Waals surface area (Å²) in [6, 6.07) is 11.0. The minimum atomic E-state index is 0.222. The van der Waals surface area contributed by atoms with Crippen LogP contribution in [0.3, 0.4) is 0 Å². The average Bonchev–Trinajstić information content (AvgIpc) is 3.25. The second-order valence-corrected chi connectivity index (χ2v) is 8.89. The SMILES string of the molecule is CO.CSNC(C)c1ccc(-c2c[nH]c3nccc(OCC4(C)CCNCC4)c23)cc1. The monoisotopic (exact) mass is 442 g/mol. The summed E-state index contributed by atoms with van der Waals surface area (Å²) in [7, 11) is 1.00. The summed E-state index contributed by atoms with van der Waals surface area (Å²) < 4.78 is 9.76. The van der Waals surface area contributed by atoms with E-state index >= 15 is 0 Å². The molecule has 0 bridgehead atoms. The zero-order valence-electron chi connectivity index (χ0n) is 18.9. The van der Waals surface area contributed by atoms with E-state index in [-0.39, 0.29) is 5.41 Å². The van der Waals surface area contributed by atoms with Gasteiger partial charge in [0.25, 0.3) is 0 Å². The van der Waals surface area contributed by atoms with Gasteiger partial charge in [0.2, 0.25) is 0 Å². The summed E-state index contributed by atoms with van der Waals surface area (Å²) in [5.41, 5.74) is 4.67. The van der Waals surface area contributed by atoms with Gasteiger partial charge in [0.15, 0.2) is 0 Å². The predicted molar refractivity (Wildman–Crippen MR) is 130 cm³/mol. The largest absolute Gasteiger partial charge is 0.492 e. The lowest BCUT2D eigenvalue weighted by atomic mass is 9.82. The molecule has 1 aliphatic heterocycles. The fraction of sp³-hybridized carbons (Fsp3) is 0.458. The molecule has 168 valence electrons. The molecule has 0 saturated carbocycles. The van der Waals surface area contributed by atoms with Crippen LogP contribution in [0.25, 0.3) is 22.2 Å². The molecule has 3 heterocycles. The maximum Gasteiger partial charge on any atom is 0.141 e. The van der Waals surface area contributed by atoms with Crippen molar-refractivity contribution in [3.63, 3.8) is 0 Å². The summed E-state index contributed by atoms with van der Waals surface area (Å²) in [4.78, 5) is 7.83. The molecule has 1 saturated heterocycles. The number of aliphatic hydroxyl groups excluding tert-OH is 1. The van der Waals surface area contributed by atoms with Crippen molar-refractivity contribution in [2.75, 3.05) is 33.1 Å². The molecule has 0 amide bonds. The second-order valence-electron chi connectivity index (χ2n) is 8.25. The Hall–Kier alpha value is -2.06. The zero-order valence-corrected chi connectivity index (χ0v) is 19.7. The van der Waals surface area contributed by atoms with Gasteiger partial charge in [-0.15, -0.1) is 0 Å². The van der Waals surface area contributed by atoms with Crippen molar-refractivity contribution in [1.82, 2.24) is 20.0 Å². The van der Waals surface area contributed by atoms with Gasteiger partial charge in [-0.2, -0.15) is 0 Å². The number of aromatic amines is 1. The van der Waals surface area contributed by atoms with Crippen molar-refractivity contribution < 1.29 is 9.84 Å². The number of benzene rings is 1. The first-order valence-electron chi connectivity index (χ1n) is 10.7. The molecule has 6 nitrogen and oxygen atoms in total. The van der Waals surface area contributed by atoms with Crippen LogP contribution in [-0.4, -0.2) is 48.1 Å². The lowest BCUT2D eigenvalue weighted by molar-refractivity contribution is 0.124. The van der Waals surface area contributed by atoms with Crippen molar-refractivity contribution in [2.45, 2.75) is 32.7 Å². The van der Waals surface area contributed by atoms with Gasteiger partial charge in [0.1, 0.15) is 11.4 Å². The van der Waals surface area contributed by atoms with Crippen LogP contribution in [0.4, 0.5) is 0 Å². The van der Waals surface area contributed by atoms with Crippen molar-refractivity contribution >= 4 is 23.0 Å². The summed E-state index contributed by atoms with van der Waals surface area (Å²) in [6.45, 7) is 7.37.